The molecule has 1 aromatic carbocycles. The van der Waals surface area contributed by atoms with Crippen LogP contribution in [0.15, 0.2) is 12.1 Å². The van der Waals surface area contributed by atoms with E-state index in [0.717, 1.165) is 0 Å². The molecule has 0 spiro atoms. The van der Waals surface area contributed by atoms with Gasteiger partial charge in [0.1, 0.15) is 17.3 Å². The summed E-state index contributed by atoms with van der Waals surface area (Å²) in [5.74, 6) is -5.57. The van der Waals surface area contributed by atoms with Crippen LogP contribution in [0, 0.1) is 21.4 Å². The number of nitriles is 1. The molecule has 1 aromatic rings. The van der Waals surface area contributed by atoms with Crippen LogP contribution in [0.4, 0.5) is 34.6 Å². The third kappa shape index (κ3) is 4.07. The SMILES string of the molecule is N#Cc1cc(N2CCC(F)(F)CC2)cc(N2CCC(F)(F)CC2)c1[N+](=O)[O-]. The predicted molar refractivity (Wildman–Crippen MR) is 90.6 cm³/mol. The maximum atomic E-state index is 13.4. The fraction of sp³-hybridized carbons (Fsp3) is 0.588. The Bertz CT molecular complexity index is 774. The minimum atomic E-state index is -2.82. The summed E-state index contributed by atoms with van der Waals surface area (Å²) in [4.78, 5) is 13.9. The van der Waals surface area contributed by atoms with Crippen molar-refractivity contribution >= 4 is 17.1 Å². The normalized spacial score (nSPS) is 21.6. The third-order valence-electron chi connectivity index (χ3n) is 5.07. The van der Waals surface area contributed by atoms with Crippen molar-refractivity contribution in [1.82, 2.24) is 0 Å². The van der Waals surface area contributed by atoms with Crippen LogP contribution < -0.4 is 9.80 Å². The lowest BCUT2D eigenvalue weighted by molar-refractivity contribution is -0.384. The van der Waals surface area contributed by atoms with Crippen LogP contribution in [0.1, 0.15) is 31.2 Å². The standard InChI is InChI=1S/C17H18F4N4O2/c18-16(19)1-5-23(6-2-16)13-9-12(11-22)15(25(26)27)14(10-13)24-7-3-17(20,21)4-8-24/h9-10H,1-8H2. The molecule has 2 aliphatic rings. The molecule has 0 aliphatic carbocycles. The molecule has 0 radical (unpaired) electrons. The van der Waals surface area contributed by atoms with E-state index in [1.165, 1.54) is 17.0 Å². The molecule has 27 heavy (non-hydrogen) atoms. The van der Waals surface area contributed by atoms with Crippen LogP contribution in [-0.2, 0) is 0 Å². The zero-order valence-corrected chi connectivity index (χ0v) is 14.4. The lowest BCUT2D eigenvalue weighted by atomic mass is 10.0. The molecule has 2 aliphatic heterocycles. The van der Waals surface area contributed by atoms with E-state index in [4.69, 9.17) is 0 Å². The zero-order chi connectivity index (χ0) is 19.8. The molecule has 6 nitrogen and oxygen atoms in total. The summed E-state index contributed by atoms with van der Waals surface area (Å²) in [6, 6.07) is 4.54. The number of hydrogen-bond acceptors (Lipinski definition) is 5. The molecule has 146 valence electrons. The fourth-order valence-electron chi connectivity index (χ4n) is 3.47. The number of nitro benzene ring substituents is 1. The van der Waals surface area contributed by atoms with Crippen LogP contribution >= 0.6 is 0 Å². The van der Waals surface area contributed by atoms with Gasteiger partial charge in [-0.1, -0.05) is 0 Å². The Labute approximate surface area is 153 Å². The van der Waals surface area contributed by atoms with Crippen molar-refractivity contribution in [2.45, 2.75) is 37.5 Å². The van der Waals surface area contributed by atoms with Crippen LogP contribution in [0.2, 0.25) is 0 Å². The van der Waals surface area contributed by atoms with Gasteiger partial charge < -0.3 is 9.80 Å². The molecule has 0 bridgehead atoms. The first kappa shape index (κ1) is 19.2. The van der Waals surface area contributed by atoms with Gasteiger partial charge in [-0.2, -0.15) is 5.26 Å². The van der Waals surface area contributed by atoms with Gasteiger partial charge in [-0.25, -0.2) is 17.6 Å². The molecule has 2 fully saturated rings. The highest BCUT2D eigenvalue weighted by atomic mass is 19.3. The Morgan fingerprint density at radius 1 is 0.963 bits per heavy atom. The highest BCUT2D eigenvalue weighted by Crippen LogP contribution is 2.40. The summed E-state index contributed by atoms with van der Waals surface area (Å²) in [6.07, 6.45) is -1.58. The number of piperidine rings is 2. The second-order valence-electron chi connectivity index (χ2n) is 6.92. The Balaban J connectivity index is 1.98. The number of benzene rings is 1. The molecule has 2 heterocycles. The minimum Gasteiger partial charge on any atom is -0.371 e. The summed E-state index contributed by atoms with van der Waals surface area (Å²) in [6.45, 7) is -0.0686. The van der Waals surface area contributed by atoms with Crippen molar-refractivity contribution in [3.8, 4) is 6.07 Å². The Morgan fingerprint density at radius 2 is 1.44 bits per heavy atom. The number of alkyl halides is 4. The largest absolute Gasteiger partial charge is 0.371 e. The molecule has 0 saturated carbocycles. The van der Waals surface area contributed by atoms with Gasteiger partial charge in [-0.05, 0) is 12.1 Å². The molecule has 2 saturated heterocycles. The van der Waals surface area contributed by atoms with Crippen molar-refractivity contribution < 1.29 is 22.5 Å². The maximum Gasteiger partial charge on any atom is 0.310 e. The quantitative estimate of drug-likeness (QED) is 0.447. The van der Waals surface area contributed by atoms with Gasteiger partial charge in [0.2, 0.25) is 0 Å². The average molecular weight is 386 g/mol. The van der Waals surface area contributed by atoms with Gasteiger partial charge in [-0.15, -0.1) is 0 Å². The lowest BCUT2D eigenvalue weighted by Crippen LogP contribution is -2.41. The average Bonchev–Trinajstić information content (AvgIpc) is 2.60. The van der Waals surface area contributed by atoms with Crippen LogP contribution in [0.5, 0.6) is 0 Å². The van der Waals surface area contributed by atoms with E-state index >= 15 is 0 Å². The van der Waals surface area contributed by atoms with Gasteiger partial charge in [0, 0.05) is 57.5 Å². The number of halogens is 4. The maximum absolute atomic E-state index is 13.4. The molecule has 0 amide bonds. The van der Waals surface area contributed by atoms with E-state index in [2.05, 4.69) is 0 Å². The first-order valence-corrected chi connectivity index (χ1v) is 8.60. The van der Waals surface area contributed by atoms with E-state index in [1.807, 2.05) is 0 Å². The van der Waals surface area contributed by atoms with Crippen molar-refractivity contribution in [3.63, 3.8) is 0 Å². The third-order valence-corrected chi connectivity index (χ3v) is 5.07. The van der Waals surface area contributed by atoms with Crippen LogP contribution in [0.25, 0.3) is 0 Å². The summed E-state index contributed by atoms with van der Waals surface area (Å²) in [5, 5.41) is 20.9. The topological polar surface area (TPSA) is 73.4 Å². The van der Waals surface area contributed by atoms with Gasteiger partial charge in [0.15, 0.2) is 0 Å². The van der Waals surface area contributed by atoms with Crippen molar-refractivity contribution in [2.24, 2.45) is 0 Å². The van der Waals surface area contributed by atoms with E-state index in [1.54, 1.807) is 11.0 Å². The summed E-state index contributed by atoms with van der Waals surface area (Å²) in [7, 11) is 0. The fourth-order valence-corrected chi connectivity index (χ4v) is 3.47. The van der Waals surface area contributed by atoms with Gasteiger partial charge >= 0.3 is 5.69 Å². The number of hydrogen-bond donors (Lipinski definition) is 0. The summed E-state index contributed by atoms with van der Waals surface area (Å²) < 4.78 is 53.7. The number of nitrogens with zero attached hydrogens (tertiary/aromatic N) is 4. The zero-order valence-electron chi connectivity index (χ0n) is 14.4. The van der Waals surface area contributed by atoms with E-state index in [-0.39, 0.29) is 50.3 Å². The van der Waals surface area contributed by atoms with Gasteiger partial charge in [0.05, 0.1) is 4.92 Å². The second kappa shape index (κ2) is 6.87. The lowest BCUT2D eigenvalue weighted by Gasteiger charge is -2.36. The first-order valence-electron chi connectivity index (χ1n) is 8.60. The number of nitro groups is 1. The van der Waals surface area contributed by atoms with Crippen molar-refractivity contribution in [2.75, 3.05) is 36.0 Å². The summed E-state index contributed by atoms with van der Waals surface area (Å²) in [5.41, 5.74) is -0.141. The van der Waals surface area contributed by atoms with E-state index < -0.39 is 35.3 Å². The molecule has 0 unspecified atom stereocenters. The van der Waals surface area contributed by atoms with Gasteiger partial charge in [-0.3, -0.25) is 10.1 Å². The Hall–Kier alpha value is -2.57. The number of anilines is 2. The molecule has 0 atom stereocenters. The molecule has 10 heteroatoms. The van der Waals surface area contributed by atoms with Gasteiger partial charge in [0.25, 0.3) is 11.8 Å². The number of rotatable bonds is 3. The molecule has 0 N–H and O–H groups in total. The van der Waals surface area contributed by atoms with E-state index in [0.29, 0.717) is 5.69 Å². The molecular weight excluding hydrogens is 368 g/mol. The molecule has 3 rings (SSSR count). The molecular formula is C17H18F4N4O2. The monoisotopic (exact) mass is 386 g/mol. The smallest absolute Gasteiger partial charge is 0.310 e. The second-order valence-corrected chi connectivity index (χ2v) is 6.92. The Kier molecular flexibility index (Phi) is 4.88. The first-order chi connectivity index (χ1) is 12.6. The minimum absolute atomic E-state index is 0.0488. The van der Waals surface area contributed by atoms with Crippen LogP contribution in [-0.4, -0.2) is 42.9 Å². The highest BCUT2D eigenvalue weighted by molar-refractivity contribution is 5.76. The highest BCUT2D eigenvalue weighted by Gasteiger charge is 2.38. The molecule has 0 aromatic heterocycles. The van der Waals surface area contributed by atoms with Crippen molar-refractivity contribution in [3.05, 3.63) is 27.8 Å². The van der Waals surface area contributed by atoms with Crippen LogP contribution in [0.3, 0.4) is 0 Å². The predicted octanol–water partition coefficient (Wildman–Crippen LogP) is 3.94. The van der Waals surface area contributed by atoms with E-state index in [9.17, 15) is 32.9 Å². The van der Waals surface area contributed by atoms with Crippen molar-refractivity contribution in [1.29, 1.82) is 5.26 Å². The Morgan fingerprint density at radius 3 is 1.89 bits per heavy atom. The summed E-state index contributed by atoms with van der Waals surface area (Å²) >= 11 is 0.